The summed E-state index contributed by atoms with van der Waals surface area (Å²) < 4.78 is 2.65. The van der Waals surface area contributed by atoms with Crippen molar-refractivity contribution in [1.82, 2.24) is 10.2 Å². The molecule has 4 heteroatoms. The first-order valence-corrected chi connectivity index (χ1v) is 14.6. The molecule has 1 aromatic heterocycles. The standard InChI is InChI=1S/C23H26IN3/c1-15(2)23-22-19-12-8-9-13-20(19)27(24(4)5)14-17-10-6-7-11-18(17)21(22)16(3)25-26-23/h6-13,15H,14H2,1-5H3. The molecule has 1 aliphatic rings. The van der Waals surface area contributed by atoms with Crippen molar-refractivity contribution in [1.29, 1.82) is 0 Å². The molecule has 4 rings (SSSR count). The van der Waals surface area contributed by atoms with Gasteiger partial charge in [0.15, 0.2) is 0 Å². The van der Waals surface area contributed by atoms with Gasteiger partial charge in [0.1, 0.15) is 0 Å². The van der Waals surface area contributed by atoms with Gasteiger partial charge in [-0.25, -0.2) is 0 Å². The molecule has 3 aromatic rings. The van der Waals surface area contributed by atoms with Crippen LogP contribution >= 0.6 is 20.1 Å². The third-order valence-electron chi connectivity index (χ3n) is 5.16. The first kappa shape index (κ1) is 18.4. The number of aryl methyl sites for hydroxylation is 1. The van der Waals surface area contributed by atoms with Crippen molar-refractivity contribution in [3.8, 4) is 22.3 Å². The molecule has 0 bridgehead atoms. The van der Waals surface area contributed by atoms with Crippen molar-refractivity contribution in [3.05, 3.63) is 65.5 Å². The summed E-state index contributed by atoms with van der Waals surface area (Å²) in [6, 6.07) is 17.7. The summed E-state index contributed by atoms with van der Waals surface area (Å²) in [5.74, 6) is 0.317. The van der Waals surface area contributed by atoms with Gasteiger partial charge in [-0.15, -0.1) is 0 Å². The van der Waals surface area contributed by atoms with Crippen LogP contribution in [0.3, 0.4) is 0 Å². The number of benzene rings is 2. The molecular formula is C23H26IN3. The summed E-state index contributed by atoms with van der Waals surface area (Å²) in [4.78, 5) is 4.84. The van der Waals surface area contributed by atoms with Gasteiger partial charge in [-0.2, -0.15) is 0 Å². The number of rotatable bonds is 2. The molecule has 2 aromatic carbocycles. The third-order valence-corrected chi connectivity index (χ3v) is 8.35. The third kappa shape index (κ3) is 3.14. The molecule has 0 radical (unpaired) electrons. The minimum absolute atomic E-state index is 0.317. The fourth-order valence-electron chi connectivity index (χ4n) is 3.88. The molecule has 0 N–H and O–H groups in total. The number of fused-ring (bicyclic) bond motifs is 5. The van der Waals surface area contributed by atoms with Gasteiger partial charge in [-0.1, -0.05) is 0 Å². The fourth-order valence-corrected chi connectivity index (χ4v) is 6.39. The Bertz CT molecular complexity index is 995. The van der Waals surface area contributed by atoms with Crippen LogP contribution < -0.4 is 3.11 Å². The van der Waals surface area contributed by atoms with Crippen LogP contribution in [0.15, 0.2) is 48.5 Å². The van der Waals surface area contributed by atoms with Crippen LogP contribution in [0.2, 0.25) is 0 Å². The van der Waals surface area contributed by atoms with Gasteiger partial charge < -0.3 is 0 Å². The van der Waals surface area contributed by atoms with E-state index in [1.54, 1.807) is 0 Å². The SMILES string of the molecule is Cc1nnc(C(C)C)c2c1-c1ccccc1CN(I(C)C)c1ccccc1-2. The normalized spacial score (nSPS) is 13.4. The Labute approximate surface area is 169 Å². The summed E-state index contributed by atoms with van der Waals surface area (Å²) in [5.41, 5.74) is 9.95. The topological polar surface area (TPSA) is 29.0 Å². The molecule has 0 unspecified atom stereocenters. The molecule has 1 aliphatic heterocycles. The van der Waals surface area contributed by atoms with Gasteiger partial charge in [0.05, 0.1) is 0 Å². The van der Waals surface area contributed by atoms with E-state index < -0.39 is 20.1 Å². The Morgan fingerprint density at radius 1 is 0.889 bits per heavy atom. The van der Waals surface area contributed by atoms with Crippen molar-refractivity contribution in [2.24, 2.45) is 0 Å². The molecule has 0 saturated carbocycles. The zero-order valence-electron chi connectivity index (χ0n) is 16.6. The predicted molar refractivity (Wildman–Crippen MR) is 124 cm³/mol. The first-order chi connectivity index (χ1) is 13.0. The van der Waals surface area contributed by atoms with E-state index in [-0.39, 0.29) is 0 Å². The average Bonchev–Trinajstić information content (AvgIpc) is 2.64. The van der Waals surface area contributed by atoms with Crippen LogP contribution in [0.25, 0.3) is 22.3 Å². The number of aromatic nitrogens is 2. The van der Waals surface area contributed by atoms with Crippen LogP contribution in [0.4, 0.5) is 5.69 Å². The molecule has 0 saturated heterocycles. The molecule has 27 heavy (non-hydrogen) atoms. The fraction of sp³-hybridized carbons (Fsp3) is 0.304. The monoisotopic (exact) mass is 471 g/mol. The number of para-hydroxylation sites is 1. The zero-order valence-corrected chi connectivity index (χ0v) is 18.8. The van der Waals surface area contributed by atoms with Crippen LogP contribution in [0.1, 0.15) is 36.7 Å². The van der Waals surface area contributed by atoms with Gasteiger partial charge in [-0.05, 0) is 0 Å². The van der Waals surface area contributed by atoms with Gasteiger partial charge in [-0.3, -0.25) is 0 Å². The van der Waals surface area contributed by atoms with Crippen molar-refractivity contribution in [3.63, 3.8) is 0 Å². The molecule has 0 atom stereocenters. The molecule has 0 fully saturated rings. The van der Waals surface area contributed by atoms with E-state index in [2.05, 4.69) is 92.5 Å². The van der Waals surface area contributed by atoms with E-state index in [1.165, 1.54) is 33.5 Å². The van der Waals surface area contributed by atoms with Crippen molar-refractivity contribution >= 4 is 25.8 Å². The van der Waals surface area contributed by atoms with E-state index in [9.17, 15) is 0 Å². The molecule has 0 aliphatic carbocycles. The Morgan fingerprint density at radius 3 is 2.26 bits per heavy atom. The van der Waals surface area contributed by atoms with E-state index in [0.717, 1.165) is 17.9 Å². The quantitative estimate of drug-likeness (QED) is 0.252. The summed E-state index contributed by atoms with van der Waals surface area (Å²) in [5, 5.41) is 9.21. The second-order valence-electron chi connectivity index (χ2n) is 7.49. The molecule has 3 nitrogen and oxygen atoms in total. The van der Waals surface area contributed by atoms with Crippen LogP contribution in [-0.4, -0.2) is 20.1 Å². The van der Waals surface area contributed by atoms with Gasteiger partial charge in [0, 0.05) is 0 Å². The molecule has 0 spiro atoms. The second-order valence-corrected chi connectivity index (χ2v) is 12.7. The zero-order chi connectivity index (χ0) is 19.1. The summed E-state index contributed by atoms with van der Waals surface area (Å²) in [6.07, 6.45) is 0. The number of anilines is 1. The van der Waals surface area contributed by atoms with Crippen LogP contribution in [-0.2, 0) is 6.54 Å². The molecule has 140 valence electrons. The van der Waals surface area contributed by atoms with Gasteiger partial charge >= 0.3 is 170 Å². The summed E-state index contributed by atoms with van der Waals surface area (Å²) >= 11 is -1.25. The number of halogens is 1. The maximum atomic E-state index is 4.65. The molecule has 0 amide bonds. The van der Waals surface area contributed by atoms with Crippen molar-refractivity contribution < 1.29 is 0 Å². The number of hydrogen-bond acceptors (Lipinski definition) is 3. The van der Waals surface area contributed by atoms with E-state index >= 15 is 0 Å². The minimum atomic E-state index is -1.25. The molecular weight excluding hydrogens is 445 g/mol. The second kappa shape index (κ2) is 7.23. The van der Waals surface area contributed by atoms with E-state index in [4.69, 9.17) is 0 Å². The predicted octanol–water partition coefficient (Wildman–Crippen LogP) is 6.24. The Kier molecular flexibility index (Phi) is 4.93. The van der Waals surface area contributed by atoms with Crippen molar-refractivity contribution in [2.75, 3.05) is 13.0 Å². The summed E-state index contributed by atoms with van der Waals surface area (Å²) in [7, 11) is 0. The Balaban J connectivity index is 2.18. The van der Waals surface area contributed by atoms with E-state index in [1.807, 2.05) is 0 Å². The molecule has 2 heterocycles. The van der Waals surface area contributed by atoms with Gasteiger partial charge in [0.25, 0.3) is 0 Å². The van der Waals surface area contributed by atoms with Gasteiger partial charge in [0.2, 0.25) is 0 Å². The number of alkyl halides is 2. The van der Waals surface area contributed by atoms with Crippen LogP contribution in [0.5, 0.6) is 0 Å². The Hall–Kier alpha value is -1.95. The Morgan fingerprint density at radius 2 is 1.56 bits per heavy atom. The maximum absolute atomic E-state index is 4.65. The van der Waals surface area contributed by atoms with Crippen molar-refractivity contribution in [2.45, 2.75) is 33.2 Å². The van der Waals surface area contributed by atoms with Crippen LogP contribution in [0, 0.1) is 6.92 Å². The number of nitrogens with zero attached hydrogens (tertiary/aromatic N) is 3. The van der Waals surface area contributed by atoms with E-state index in [0.29, 0.717) is 5.92 Å². The summed E-state index contributed by atoms with van der Waals surface area (Å²) in [6.45, 7) is 7.47. The average molecular weight is 471 g/mol. The number of hydrogen-bond donors (Lipinski definition) is 0. The first-order valence-electron chi connectivity index (χ1n) is 9.31.